The van der Waals surface area contributed by atoms with Crippen LogP contribution in [0.2, 0.25) is 0 Å². The van der Waals surface area contributed by atoms with E-state index in [1.165, 1.54) is 16.9 Å². The Hall–Kier alpha value is -3.15. The van der Waals surface area contributed by atoms with Crippen molar-refractivity contribution in [1.82, 2.24) is 15.2 Å². The van der Waals surface area contributed by atoms with Gasteiger partial charge in [-0.05, 0) is 60.6 Å². The Balaban J connectivity index is 1.21. The van der Waals surface area contributed by atoms with Gasteiger partial charge in [-0.1, -0.05) is 24.3 Å². The van der Waals surface area contributed by atoms with Crippen LogP contribution in [0.4, 0.5) is 11.4 Å². The fourth-order valence-electron chi connectivity index (χ4n) is 6.33. The summed E-state index contributed by atoms with van der Waals surface area (Å²) in [6, 6.07) is 12.4. The van der Waals surface area contributed by atoms with Crippen LogP contribution in [0.1, 0.15) is 44.3 Å². The lowest BCUT2D eigenvalue weighted by atomic mass is 9.93. The highest BCUT2D eigenvalue weighted by molar-refractivity contribution is 7.13. The van der Waals surface area contributed by atoms with Crippen molar-refractivity contribution in [3.8, 4) is 11.1 Å². The number of nitrogens with zero attached hydrogens (tertiary/aromatic N) is 4. The van der Waals surface area contributed by atoms with Gasteiger partial charge in [0.05, 0.1) is 18.4 Å². The molecule has 41 heavy (non-hydrogen) atoms. The number of thiazole rings is 1. The minimum atomic E-state index is -0.276. The number of aromatic nitrogens is 1. The van der Waals surface area contributed by atoms with Crippen LogP contribution in [0.5, 0.6) is 0 Å². The van der Waals surface area contributed by atoms with Gasteiger partial charge in [-0.15, -0.1) is 11.3 Å². The zero-order valence-electron chi connectivity index (χ0n) is 23.4. The smallest absolute Gasteiger partial charge is 0.287 e. The number of carbonyl (C=O) groups is 2. The van der Waals surface area contributed by atoms with E-state index in [4.69, 9.17) is 5.11 Å². The van der Waals surface area contributed by atoms with Crippen LogP contribution < -0.4 is 15.1 Å². The first-order chi connectivity index (χ1) is 19.9. The summed E-state index contributed by atoms with van der Waals surface area (Å²) in [5, 5.41) is 22.5. The molecule has 1 saturated heterocycles. The summed E-state index contributed by atoms with van der Waals surface area (Å²) < 4.78 is 0. The van der Waals surface area contributed by atoms with E-state index in [1.54, 1.807) is 0 Å². The molecular formula is C31H37N5O4S. The van der Waals surface area contributed by atoms with E-state index in [9.17, 15) is 14.7 Å². The number of β-amino-alcohol motifs (C(OH)–C–C–N with tert-alkyl or cyclic N) is 1. The van der Waals surface area contributed by atoms with Crippen molar-refractivity contribution in [1.29, 1.82) is 0 Å². The maximum Gasteiger partial charge on any atom is 0.287 e. The molecule has 1 unspecified atom stereocenters. The molecule has 1 aromatic heterocycles. The Labute approximate surface area is 244 Å². The van der Waals surface area contributed by atoms with Crippen LogP contribution in [-0.4, -0.2) is 83.9 Å². The number of amides is 2. The average molecular weight is 576 g/mol. The molecule has 1 fully saturated rings. The first-order valence-electron chi connectivity index (χ1n) is 14.5. The largest absolute Gasteiger partial charge is 0.395 e. The molecule has 0 spiro atoms. The predicted molar refractivity (Wildman–Crippen MR) is 161 cm³/mol. The number of rotatable bonds is 9. The molecule has 4 heterocycles. The first-order valence-corrected chi connectivity index (χ1v) is 15.3. The van der Waals surface area contributed by atoms with Gasteiger partial charge in [0.1, 0.15) is 0 Å². The van der Waals surface area contributed by atoms with Crippen molar-refractivity contribution in [2.24, 2.45) is 0 Å². The zero-order chi connectivity index (χ0) is 28.5. The molecule has 2 aromatic carbocycles. The Morgan fingerprint density at radius 3 is 2.37 bits per heavy atom. The number of carbonyl (C=O) groups excluding carboxylic acids is 2. The van der Waals surface area contributed by atoms with Crippen LogP contribution in [0.15, 0.2) is 36.4 Å². The van der Waals surface area contributed by atoms with Crippen molar-refractivity contribution in [3.05, 3.63) is 63.1 Å². The van der Waals surface area contributed by atoms with Crippen LogP contribution in [0.3, 0.4) is 0 Å². The molecule has 10 heteroatoms. The van der Waals surface area contributed by atoms with Gasteiger partial charge in [0.2, 0.25) is 5.91 Å². The predicted octanol–water partition coefficient (Wildman–Crippen LogP) is 2.75. The van der Waals surface area contributed by atoms with Crippen molar-refractivity contribution in [2.75, 3.05) is 55.7 Å². The summed E-state index contributed by atoms with van der Waals surface area (Å²) in [5.41, 5.74) is 7.35. The van der Waals surface area contributed by atoms with E-state index in [0.29, 0.717) is 50.7 Å². The highest BCUT2D eigenvalue weighted by Crippen LogP contribution is 2.42. The van der Waals surface area contributed by atoms with Crippen LogP contribution in [0.25, 0.3) is 11.1 Å². The van der Waals surface area contributed by atoms with E-state index >= 15 is 0 Å². The SMILES string of the molecule is Cc1nc(C(=O)N2CCc3c(-c4cccc5c4CCN5C(=O)CCN4CCC(O)C4)cccc32)sc1CNCCO. The number of anilines is 2. The van der Waals surface area contributed by atoms with E-state index < -0.39 is 0 Å². The fraction of sp³-hybridized carbons (Fsp3) is 0.452. The lowest BCUT2D eigenvalue weighted by Gasteiger charge is -2.21. The fourth-order valence-corrected chi connectivity index (χ4v) is 7.31. The number of aliphatic hydroxyl groups excluding tert-OH is 2. The summed E-state index contributed by atoms with van der Waals surface area (Å²) in [6.07, 6.45) is 2.52. The topological polar surface area (TPSA) is 109 Å². The number of likely N-dealkylation sites (tertiary alicyclic amines) is 1. The highest BCUT2D eigenvalue weighted by Gasteiger charge is 2.32. The van der Waals surface area contributed by atoms with E-state index in [2.05, 4.69) is 27.3 Å². The summed E-state index contributed by atoms with van der Waals surface area (Å²) in [6.45, 7) is 6.52. The Morgan fingerprint density at radius 1 is 1.02 bits per heavy atom. The van der Waals surface area contributed by atoms with Crippen molar-refractivity contribution < 1.29 is 19.8 Å². The number of fused-ring (bicyclic) bond motifs is 2. The van der Waals surface area contributed by atoms with Gasteiger partial charge < -0.3 is 30.2 Å². The van der Waals surface area contributed by atoms with Gasteiger partial charge in [0.15, 0.2) is 5.01 Å². The van der Waals surface area contributed by atoms with Gasteiger partial charge >= 0.3 is 0 Å². The summed E-state index contributed by atoms with van der Waals surface area (Å²) in [7, 11) is 0. The molecule has 2 amide bonds. The summed E-state index contributed by atoms with van der Waals surface area (Å²) in [5.74, 6) is 0.0463. The molecule has 1 atom stereocenters. The van der Waals surface area contributed by atoms with Gasteiger partial charge in [-0.25, -0.2) is 4.98 Å². The molecular weight excluding hydrogens is 538 g/mol. The van der Waals surface area contributed by atoms with E-state index in [0.717, 1.165) is 64.4 Å². The number of benzene rings is 2. The molecule has 3 aliphatic rings. The molecule has 3 N–H and O–H groups in total. The first kappa shape index (κ1) is 28.0. The molecule has 0 radical (unpaired) electrons. The summed E-state index contributed by atoms with van der Waals surface area (Å²) in [4.78, 5) is 38.3. The molecule has 3 aliphatic heterocycles. The van der Waals surface area contributed by atoms with Gasteiger partial charge in [-0.3, -0.25) is 9.59 Å². The third-order valence-electron chi connectivity index (χ3n) is 8.43. The number of aryl methyl sites for hydroxylation is 1. The number of nitrogens with one attached hydrogen (secondary N) is 1. The second-order valence-electron chi connectivity index (χ2n) is 11.0. The molecule has 0 bridgehead atoms. The number of aliphatic hydroxyl groups is 2. The monoisotopic (exact) mass is 575 g/mol. The van der Waals surface area contributed by atoms with Gasteiger partial charge in [0.25, 0.3) is 5.91 Å². The Bertz CT molecular complexity index is 1460. The van der Waals surface area contributed by atoms with Gasteiger partial charge in [0, 0.05) is 68.5 Å². The minimum Gasteiger partial charge on any atom is -0.395 e. The van der Waals surface area contributed by atoms with E-state index in [-0.39, 0.29) is 24.5 Å². The van der Waals surface area contributed by atoms with Crippen LogP contribution in [0, 0.1) is 6.92 Å². The third kappa shape index (κ3) is 5.54. The standard InChI is InChI=1S/C31H37N5O4S/c1-20-28(18-32-12-17-37)41-30(33-20)31(40)36-16-10-25-23(5-3-7-27(25)36)22-4-2-6-26-24(22)9-15-35(26)29(39)11-14-34-13-8-21(38)19-34/h2-7,21,32,37-38H,8-19H2,1H3. The minimum absolute atomic E-state index is 0.0695. The maximum absolute atomic E-state index is 13.6. The van der Waals surface area contributed by atoms with Gasteiger partial charge in [-0.2, -0.15) is 0 Å². The van der Waals surface area contributed by atoms with Crippen LogP contribution >= 0.6 is 11.3 Å². The average Bonchev–Trinajstić information content (AvgIpc) is 3.77. The third-order valence-corrected chi connectivity index (χ3v) is 9.58. The summed E-state index contributed by atoms with van der Waals surface area (Å²) >= 11 is 1.41. The number of hydrogen-bond acceptors (Lipinski definition) is 8. The quantitative estimate of drug-likeness (QED) is 0.337. The molecule has 216 valence electrons. The normalized spacial score (nSPS) is 18.3. The van der Waals surface area contributed by atoms with Crippen LogP contribution in [-0.2, 0) is 24.2 Å². The highest BCUT2D eigenvalue weighted by atomic mass is 32.1. The van der Waals surface area contributed by atoms with E-state index in [1.807, 2.05) is 41.0 Å². The Kier molecular flexibility index (Phi) is 8.19. The second kappa shape index (κ2) is 12.0. The molecule has 3 aromatic rings. The molecule has 6 rings (SSSR count). The Morgan fingerprint density at radius 2 is 1.71 bits per heavy atom. The molecule has 0 saturated carbocycles. The zero-order valence-corrected chi connectivity index (χ0v) is 24.3. The lowest BCUT2D eigenvalue weighted by Crippen LogP contribution is -2.33. The maximum atomic E-state index is 13.6. The van der Waals surface area contributed by atoms with Crippen molar-refractivity contribution in [3.63, 3.8) is 0 Å². The molecule has 0 aliphatic carbocycles. The molecule has 9 nitrogen and oxygen atoms in total. The van der Waals surface area contributed by atoms with Crippen molar-refractivity contribution in [2.45, 2.75) is 45.3 Å². The van der Waals surface area contributed by atoms with Crippen molar-refractivity contribution >= 4 is 34.5 Å². The second-order valence-corrected chi connectivity index (χ2v) is 12.1. The number of hydrogen-bond donors (Lipinski definition) is 3. The lowest BCUT2D eigenvalue weighted by molar-refractivity contribution is -0.118.